The van der Waals surface area contributed by atoms with Crippen LogP contribution in [-0.4, -0.2) is 25.3 Å². The predicted molar refractivity (Wildman–Crippen MR) is 72.1 cm³/mol. The van der Waals surface area contributed by atoms with Crippen molar-refractivity contribution in [3.63, 3.8) is 0 Å². The molecule has 1 aliphatic carbocycles. The Hall–Kier alpha value is -1.71. The van der Waals surface area contributed by atoms with Gasteiger partial charge in [0, 0.05) is 5.56 Å². The summed E-state index contributed by atoms with van der Waals surface area (Å²) < 4.78 is 10.8. The molecule has 0 amide bonds. The van der Waals surface area contributed by atoms with Gasteiger partial charge in [0.2, 0.25) is 0 Å². The highest BCUT2D eigenvalue weighted by atomic mass is 16.5. The first-order valence-electron chi connectivity index (χ1n) is 6.36. The third-order valence-corrected chi connectivity index (χ3v) is 4.39. The minimum Gasteiger partial charge on any atom is -0.496 e. The molecule has 1 aromatic carbocycles. The van der Waals surface area contributed by atoms with Crippen molar-refractivity contribution in [2.24, 2.45) is 5.92 Å². The zero-order valence-corrected chi connectivity index (χ0v) is 12.0. The van der Waals surface area contributed by atoms with E-state index in [4.69, 9.17) is 9.47 Å². The van der Waals surface area contributed by atoms with Crippen molar-refractivity contribution in [3.8, 4) is 11.5 Å². The Morgan fingerprint density at radius 3 is 2.26 bits per heavy atom. The van der Waals surface area contributed by atoms with E-state index in [1.165, 1.54) is 0 Å². The van der Waals surface area contributed by atoms with E-state index in [2.05, 4.69) is 0 Å². The fraction of sp³-hybridized carbons (Fsp3) is 0.533. The molecule has 104 valence electrons. The standard InChI is InChI=1S/C15H20O4/c1-8-7-15(8,14(16)17)11-6-12(18-4)9(2)10(3)13(11)19-5/h6,8H,7H2,1-5H3,(H,16,17). The average Bonchev–Trinajstić information content (AvgIpc) is 3.05. The van der Waals surface area contributed by atoms with Gasteiger partial charge in [0.05, 0.1) is 19.6 Å². The number of hydrogen-bond acceptors (Lipinski definition) is 3. The molecule has 0 aromatic heterocycles. The summed E-state index contributed by atoms with van der Waals surface area (Å²) in [4.78, 5) is 11.7. The molecule has 0 bridgehead atoms. The lowest BCUT2D eigenvalue weighted by Gasteiger charge is -2.21. The lowest BCUT2D eigenvalue weighted by molar-refractivity contribution is -0.140. The van der Waals surface area contributed by atoms with Crippen LogP contribution >= 0.6 is 0 Å². The zero-order chi connectivity index (χ0) is 14.4. The Morgan fingerprint density at radius 2 is 1.89 bits per heavy atom. The van der Waals surface area contributed by atoms with Crippen molar-refractivity contribution in [2.75, 3.05) is 14.2 Å². The van der Waals surface area contributed by atoms with Crippen molar-refractivity contribution in [3.05, 3.63) is 22.8 Å². The second-order valence-corrected chi connectivity index (χ2v) is 5.29. The molecule has 2 unspecified atom stereocenters. The van der Waals surface area contributed by atoms with Crippen LogP contribution in [0.2, 0.25) is 0 Å². The van der Waals surface area contributed by atoms with E-state index < -0.39 is 11.4 Å². The van der Waals surface area contributed by atoms with Crippen LogP contribution in [-0.2, 0) is 10.2 Å². The molecular weight excluding hydrogens is 244 g/mol. The number of methoxy groups -OCH3 is 2. The number of benzene rings is 1. The van der Waals surface area contributed by atoms with Crippen LogP contribution < -0.4 is 9.47 Å². The van der Waals surface area contributed by atoms with E-state index in [0.717, 1.165) is 16.7 Å². The summed E-state index contributed by atoms with van der Waals surface area (Å²) in [5, 5.41) is 9.57. The number of carbonyl (C=O) groups is 1. The first-order chi connectivity index (χ1) is 8.90. The van der Waals surface area contributed by atoms with E-state index >= 15 is 0 Å². The topological polar surface area (TPSA) is 55.8 Å². The Bertz CT molecular complexity index is 535. The highest BCUT2D eigenvalue weighted by Gasteiger charge is 2.60. The molecule has 1 aromatic rings. The first kappa shape index (κ1) is 13.7. The van der Waals surface area contributed by atoms with E-state index in [1.807, 2.05) is 26.8 Å². The lowest BCUT2D eigenvalue weighted by Crippen LogP contribution is -2.23. The Labute approximate surface area is 113 Å². The second kappa shape index (κ2) is 4.44. The summed E-state index contributed by atoms with van der Waals surface area (Å²) in [6, 6.07) is 1.82. The van der Waals surface area contributed by atoms with Crippen LogP contribution in [0.25, 0.3) is 0 Å². The molecule has 0 spiro atoms. The van der Waals surface area contributed by atoms with E-state index in [1.54, 1.807) is 14.2 Å². The predicted octanol–water partition coefficient (Wildman–Crippen LogP) is 2.68. The number of rotatable bonds is 4. The minimum absolute atomic E-state index is 0.116. The number of ether oxygens (including phenoxy) is 2. The number of carboxylic acids is 1. The molecule has 1 saturated carbocycles. The van der Waals surface area contributed by atoms with Crippen LogP contribution in [0.15, 0.2) is 6.07 Å². The number of carboxylic acid groups (broad SMARTS) is 1. The summed E-state index contributed by atoms with van der Waals surface area (Å²) in [5.41, 5.74) is 1.83. The SMILES string of the molecule is COc1cc(C2(C(=O)O)CC2C)c(OC)c(C)c1C. The van der Waals surface area contributed by atoms with Crippen molar-refractivity contribution in [1.29, 1.82) is 0 Å². The van der Waals surface area contributed by atoms with Gasteiger partial charge >= 0.3 is 5.97 Å². The van der Waals surface area contributed by atoms with Crippen LogP contribution in [0.1, 0.15) is 30.0 Å². The highest BCUT2D eigenvalue weighted by molar-refractivity contribution is 5.87. The van der Waals surface area contributed by atoms with Gasteiger partial charge in [0.1, 0.15) is 11.5 Å². The van der Waals surface area contributed by atoms with Crippen molar-refractivity contribution < 1.29 is 19.4 Å². The van der Waals surface area contributed by atoms with E-state index in [0.29, 0.717) is 17.9 Å². The molecule has 19 heavy (non-hydrogen) atoms. The molecule has 4 heteroatoms. The van der Waals surface area contributed by atoms with Crippen LogP contribution in [0.3, 0.4) is 0 Å². The monoisotopic (exact) mass is 264 g/mol. The molecule has 1 aliphatic rings. The fourth-order valence-corrected chi connectivity index (χ4v) is 2.88. The Morgan fingerprint density at radius 1 is 1.32 bits per heavy atom. The maximum atomic E-state index is 11.7. The van der Waals surface area contributed by atoms with Crippen molar-refractivity contribution >= 4 is 5.97 Å². The smallest absolute Gasteiger partial charge is 0.314 e. The molecule has 2 atom stereocenters. The van der Waals surface area contributed by atoms with Gasteiger partial charge in [0.15, 0.2) is 0 Å². The summed E-state index contributed by atoms with van der Waals surface area (Å²) in [5.74, 6) is 0.715. The molecule has 1 fully saturated rings. The molecule has 4 nitrogen and oxygen atoms in total. The van der Waals surface area contributed by atoms with Gasteiger partial charge in [-0.15, -0.1) is 0 Å². The first-order valence-corrected chi connectivity index (χ1v) is 6.36. The Balaban J connectivity index is 2.70. The molecule has 2 rings (SSSR count). The highest BCUT2D eigenvalue weighted by Crippen LogP contribution is 2.58. The van der Waals surface area contributed by atoms with Gasteiger partial charge in [-0.25, -0.2) is 0 Å². The molecule has 0 aliphatic heterocycles. The molecule has 0 saturated heterocycles. The zero-order valence-electron chi connectivity index (χ0n) is 12.0. The van der Waals surface area contributed by atoms with Crippen LogP contribution in [0.4, 0.5) is 0 Å². The second-order valence-electron chi connectivity index (χ2n) is 5.29. The minimum atomic E-state index is -0.822. The normalized spacial score (nSPS) is 25.0. The lowest BCUT2D eigenvalue weighted by atomic mass is 9.89. The summed E-state index contributed by atoms with van der Waals surface area (Å²) in [6.45, 7) is 5.84. The quantitative estimate of drug-likeness (QED) is 0.908. The Kier molecular flexibility index (Phi) is 3.20. The van der Waals surface area contributed by atoms with Gasteiger partial charge in [-0.05, 0) is 43.4 Å². The largest absolute Gasteiger partial charge is 0.496 e. The summed E-state index contributed by atoms with van der Waals surface area (Å²) >= 11 is 0. The maximum absolute atomic E-state index is 11.7. The third kappa shape index (κ3) is 1.78. The van der Waals surface area contributed by atoms with Gasteiger partial charge in [-0.1, -0.05) is 6.92 Å². The molecule has 1 N–H and O–H groups in total. The van der Waals surface area contributed by atoms with Gasteiger partial charge < -0.3 is 14.6 Å². The molecular formula is C15H20O4. The summed E-state index contributed by atoms with van der Waals surface area (Å²) in [6.07, 6.45) is 0.643. The maximum Gasteiger partial charge on any atom is 0.314 e. The van der Waals surface area contributed by atoms with E-state index in [-0.39, 0.29) is 5.92 Å². The molecule has 0 heterocycles. The van der Waals surface area contributed by atoms with Crippen molar-refractivity contribution in [2.45, 2.75) is 32.6 Å². The van der Waals surface area contributed by atoms with Gasteiger partial charge in [0.25, 0.3) is 0 Å². The van der Waals surface area contributed by atoms with Crippen molar-refractivity contribution in [1.82, 2.24) is 0 Å². The fourth-order valence-electron chi connectivity index (χ4n) is 2.88. The van der Waals surface area contributed by atoms with Gasteiger partial charge in [-0.3, -0.25) is 4.79 Å². The number of aliphatic carboxylic acids is 1. The van der Waals surface area contributed by atoms with Crippen LogP contribution in [0, 0.1) is 19.8 Å². The number of hydrogen-bond donors (Lipinski definition) is 1. The third-order valence-electron chi connectivity index (χ3n) is 4.39. The average molecular weight is 264 g/mol. The van der Waals surface area contributed by atoms with Gasteiger partial charge in [-0.2, -0.15) is 0 Å². The summed E-state index contributed by atoms with van der Waals surface area (Å²) in [7, 11) is 3.18. The van der Waals surface area contributed by atoms with Crippen LogP contribution in [0.5, 0.6) is 11.5 Å². The van der Waals surface area contributed by atoms with E-state index in [9.17, 15) is 9.90 Å². The molecule has 0 radical (unpaired) electrons.